The largest absolute Gasteiger partial charge is 0.451 e. The first kappa shape index (κ1) is 21.6. The van der Waals surface area contributed by atoms with E-state index in [0.29, 0.717) is 6.42 Å². The Morgan fingerprint density at radius 1 is 1.17 bits per heavy atom. The van der Waals surface area contributed by atoms with Crippen LogP contribution in [0.25, 0.3) is 0 Å². The molecule has 8 heteroatoms. The molecule has 0 aromatic rings. The van der Waals surface area contributed by atoms with Gasteiger partial charge in [0.15, 0.2) is 6.10 Å². The second kappa shape index (κ2) is 8.71. The molecule has 3 aliphatic rings. The van der Waals surface area contributed by atoms with E-state index in [9.17, 15) is 19.2 Å². The van der Waals surface area contributed by atoms with Crippen LogP contribution in [0.3, 0.4) is 0 Å². The first-order valence-electron chi connectivity index (χ1n) is 10.9. The second-order valence-corrected chi connectivity index (χ2v) is 8.81. The summed E-state index contributed by atoms with van der Waals surface area (Å²) in [6.45, 7) is 3.03. The Morgan fingerprint density at radius 3 is 2.48 bits per heavy atom. The highest BCUT2D eigenvalue weighted by Gasteiger charge is 2.55. The van der Waals surface area contributed by atoms with E-state index in [1.807, 2.05) is 6.92 Å². The topological polar surface area (TPSA) is 96.0 Å². The van der Waals surface area contributed by atoms with E-state index in [0.717, 1.165) is 49.8 Å². The van der Waals surface area contributed by atoms with Crippen LogP contribution >= 0.6 is 0 Å². The third-order valence-corrected chi connectivity index (χ3v) is 6.91. The fraction of sp³-hybridized carbons (Fsp3) is 0.810. The van der Waals surface area contributed by atoms with Gasteiger partial charge in [0.25, 0.3) is 11.8 Å². The maximum atomic E-state index is 12.9. The Hall–Kier alpha value is -2.12. The molecular weight excluding hydrogens is 374 g/mol. The van der Waals surface area contributed by atoms with Gasteiger partial charge in [-0.1, -0.05) is 39.0 Å². The standard InChI is InChI=1S/C21H33N3O5/c1-14-9-7-8-12-21(14)19(27)24(20(28)22-21)13-17(25)29-15(2)18(26)23(3)16-10-5-4-6-11-16/h14-16H,4-13H2,1-3H3,(H,22,28)/t14-,15-,21+/m0/s1. The third kappa shape index (κ3) is 4.26. The minimum absolute atomic E-state index is 0.0263. The molecule has 1 saturated heterocycles. The summed E-state index contributed by atoms with van der Waals surface area (Å²) in [5.41, 5.74) is -0.905. The number of hydrogen-bond donors (Lipinski definition) is 1. The third-order valence-electron chi connectivity index (χ3n) is 6.91. The first-order chi connectivity index (χ1) is 13.8. The van der Waals surface area contributed by atoms with Gasteiger partial charge in [-0.25, -0.2) is 4.79 Å². The van der Waals surface area contributed by atoms with Crippen LogP contribution in [0.1, 0.15) is 71.6 Å². The smallest absolute Gasteiger partial charge is 0.327 e. The van der Waals surface area contributed by atoms with Crippen molar-refractivity contribution >= 4 is 23.8 Å². The number of rotatable bonds is 5. The molecule has 0 unspecified atom stereocenters. The Bertz CT molecular complexity index is 675. The van der Waals surface area contributed by atoms with E-state index >= 15 is 0 Å². The van der Waals surface area contributed by atoms with E-state index in [4.69, 9.17) is 4.74 Å². The van der Waals surface area contributed by atoms with E-state index in [1.165, 1.54) is 13.3 Å². The number of hydrogen-bond acceptors (Lipinski definition) is 5. The molecule has 3 atom stereocenters. The van der Waals surface area contributed by atoms with Crippen LogP contribution in [0.4, 0.5) is 4.79 Å². The molecule has 8 nitrogen and oxygen atoms in total. The SMILES string of the molecule is C[C@H](OC(=O)CN1C(=O)N[C@@]2(CCCC[C@@H]2C)C1=O)C(=O)N(C)C1CCCCC1. The Labute approximate surface area is 172 Å². The molecule has 0 aromatic heterocycles. The zero-order valence-corrected chi connectivity index (χ0v) is 17.7. The maximum Gasteiger partial charge on any atom is 0.327 e. The zero-order valence-electron chi connectivity index (χ0n) is 17.7. The van der Waals surface area contributed by atoms with Gasteiger partial charge in [-0.2, -0.15) is 0 Å². The molecule has 0 radical (unpaired) electrons. The lowest BCUT2D eigenvalue weighted by molar-refractivity contribution is -0.161. The highest BCUT2D eigenvalue weighted by atomic mass is 16.5. The molecule has 3 fully saturated rings. The number of carbonyl (C=O) groups excluding carboxylic acids is 4. The van der Waals surface area contributed by atoms with Crippen LogP contribution in [0.15, 0.2) is 0 Å². The lowest BCUT2D eigenvalue weighted by atomic mass is 9.73. The molecule has 2 aliphatic carbocycles. The van der Waals surface area contributed by atoms with Gasteiger partial charge in [-0.05, 0) is 38.5 Å². The summed E-state index contributed by atoms with van der Waals surface area (Å²) in [5.74, 6) is -1.32. The highest BCUT2D eigenvalue weighted by molar-refractivity contribution is 6.09. The fourth-order valence-electron chi connectivity index (χ4n) is 4.99. The van der Waals surface area contributed by atoms with Crippen molar-refractivity contribution in [3.8, 4) is 0 Å². The van der Waals surface area contributed by atoms with Crippen molar-refractivity contribution in [1.82, 2.24) is 15.1 Å². The normalized spacial score (nSPS) is 28.9. The molecular formula is C21H33N3O5. The Balaban J connectivity index is 1.56. The summed E-state index contributed by atoms with van der Waals surface area (Å²) in [7, 11) is 1.74. The summed E-state index contributed by atoms with van der Waals surface area (Å²) in [6.07, 6.45) is 7.72. The molecule has 0 aromatic carbocycles. The van der Waals surface area contributed by atoms with Crippen molar-refractivity contribution in [2.24, 2.45) is 5.92 Å². The van der Waals surface area contributed by atoms with Crippen molar-refractivity contribution < 1.29 is 23.9 Å². The minimum atomic E-state index is -0.947. The fourth-order valence-corrected chi connectivity index (χ4v) is 4.99. The molecule has 1 N–H and O–H groups in total. The number of imide groups is 1. The van der Waals surface area contributed by atoms with Crippen molar-refractivity contribution in [2.75, 3.05) is 13.6 Å². The number of amides is 4. The van der Waals surface area contributed by atoms with Crippen molar-refractivity contribution in [3.63, 3.8) is 0 Å². The molecule has 29 heavy (non-hydrogen) atoms. The molecule has 0 bridgehead atoms. The summed E-state index contributed by atoms with van der Waals surface area (Å²) >= 11 is 0. The number of nitrogens with zero attached hydrogens (tertiary/aromatic N) is 2. The van der Waals surface area contributed by atoms with Crippen LogP contribution < -0.4 is 5.32 Å². The van der Waals surface area contributed by atoms with Gasteiger partial charge in [-0.15, -0.1) is 0 Å². The monoisotopic (exact) mass is 407 g/mol. The zero-order chi connectivity index (χ0) is 21.2. The molecule has 1 aliphatic heterocycles. The van der Waals surface area contributed by atoms with Crippen LogP contribution in [0, 0.1) is 5.92 Å². The summed E-state index contributed by atoms with van der Waals surface area (Å²) in [6, 6.07) is -0.380. The minimum Gasteiger partial charge on any atom is -0.451 e. The van der Waals surface area contributed by atoms with Crippen LogP contribution in [-0.2, 0) is 19.1 Å². The highest BCUT2D eigenvalue weighted by Crippen LogP contribution is 2.38. The van der Waals surface area contributed by atoms with E-state index < -0.39 is 30.2 Å². The second-order valence-electron chi connectivity index (χ2n) is 8.81. The van der Waals surface area contributed by atoms with Crippen molar-refractivity contribution in [3.05, 3.63) is 0 Å². The van der Waals surface area contributed by atoms with Crippen LogP contribution in [-0.4, -0.2) is 64.9 Å². The molecule has 162 valence electrons. The molecule has 1 heterocycles. The van der Waals surface area contributed by atoms with Gasteiger partial charge >= 0.3 is 12.0 Å². The number of likely N-dealkylation sites (N-methyl/N-ethyl adjacent to an activating group) is 1. The maximum absolute atomic E-state index is 12.9. The summed E-state index contributed by atoms with van der Waals surface area (Å²) in [5, 5.41) is 2.82. The van der Waals surface area contributed by atoms with Crippen molar-refractivity contribution in [2.45, 2.75) is 89.3 Å². The van der Waals surface area contributed by atoms with E-state index in [-0.39, 0.29) is 23.8 Å². The molecule has 4 amide bonds. The van der Waals surface area contributed by atoms with Gasteiger partial charge in [0.05, 0.1) is 0 Å². The molecule has 2 saturated carbocycles. The summed E-state index contributed by atoms with van der Waals surface area (Å²) < 4.78 is 5.28. The van der Waals surface area contributed by atoms with Gasteiger partial charge in [0.1, 0.15) is 12.1 Å². The molecule has 1 spiro atoms. The first-order valence-corrected chi connectivity index (χ1v) is 10.9. The number of urea groups is 1. The number of esters is 1. The average Bonchev–Trinajstić information content (AvgIpc) is 2.94. The molecule has 3 rings (SSSR count). The van der Waals surface area contributed by atoms with Gasteiger partial charge in [0, 0.05) is 13.1 Å². The Kier molecular flexibility index (Phi) is 6.49. The van der Waals surface area contributed by atoms with Crippen LogP contribution in [0.5, 0.6) is 0 Å². The van der Waals surface area contributed by atoms with Gasteiger partial charge < -0.3 is 15.0 Å². The Morgan fingerprint density at radius 2 is 1.83 bits per heavy atom. The average molecular weight is 408 g/mol. The number of carbonyl (C=O) groups is 4. The lowest BCUT2D eigenvalue weighted by Gasteiger charge is -2.36. The van der Waals surface area contributed by atoms with Crippen molar-refractivity contribution in [1.29, 1.82) is 0 Å². The van der Waals surface area contributed by atoms with Gasteiger partial charge in [0.2, 0.25) is 0 Å². The predicted molar refractivity (Wildman–Crippen MR) is 106 cm³/mol. The van der Waals surface area contributed by atoms with E-state index in [2.05, 4.69) is 5.32 Å². The predicted octanol–water partition coefficient (Wildman–Crippen LogP) is 2.21. The van der Waals surface area contributed by atoms with E-state index in [1.54, 1.807) is 11.9 Å². The van der Waals surface area contributed by atoms with Gasteiger partial charge in [-0.3, -0.25) is 19.3 Å². The van der Waals surface area contributed by atoms with Crippen LogP contribution in [0.2, 0.25) is 0 Å². The number of ether oxygens (including phenoxy) is 1. The number of nitrogens with one attached hydrogen (secondary N) is 1. The lowest BCUT2D eigenvalue weighted by Crippen LogP contribution is -2.54. The summed E-state index contributed by atoms with van der Waals surface area (Å²) in [4.78, 5) is 52.9. The quantitative estimate of drug-likeness (QED) is 0.557.